The second kappa shape index (κ2) is 6.59. The van der Waals surface area contributed by atoms with Crippen LogP contribution in [0.5, 0.6) is 0 Å². The van der Waals surface area contributed by atoms with Crippen molar-refractivity contribution >= 4 is 11.7 Å². The van der Waals surface area contributed by atoms with Crippen LogP contribution in [0, 0.1) is 6.92 Å². The van der Waals surface area contributed by atoms with Gasteiger partial charge in [0, 0.05) is 22.9 Å². The third-order valence-electron chi connectivity index (χ3n) is 3.99. The van der Waals surface area contributed by atoms with Gasteiger partial charge in [-0.05, 0) is 53.7 Å². The Morgan fingerprint density at radius 3 is 2.12 bits per heavy atom. The molecular formula is C19H25N3O2. The van der Waals surface area contributed by atoms with Crippen LogP contribution in [0.4, 0.5) is 0 Å². The summed E-state index contributed by atoms with van der Waals surface area (Å²) in [5, 5.41) is 7.53. The highest BCUT2D eigenvalue weighted by Crippen LogP contribution is 2.21. The van der Waals surface area contributed by atoms with Crippen LogP contribution < -0.4 is 5.32 Å². The Balaban J connectivity index is 2.14. The van der Waals surface area contributed by atoms with Crippen LogP contribution in [0.25, 0.3) is 0 Å². The minimum Gasteiger partial charge on any atom is -0.345 e. The predicted octanol–water partition coefficient (Wildman–Crippen LogP) is 3.64. The molecule has 5 nitrogen and oxygen atoms in total. The highest BCUT2D eigenvalue weighted by atomic mass is 16.1. The van der Waals surface area contributed by atoms with Gasteiger partial charge in [-0.1, -0.05) is 12.1 Å². The fourth-order valence-electron chi connectivity index (χ4n) is 2.46. The van der Waals surface area contributed by atoms with Gasteiger partial charge in [-0.2, -0.15) is 5.10 Å². The number of ketones is 1. The zero-order valence-corrected chi connectivity index (χ0v) is 15.2. The van der Waals surface area contributed by atoms with Gasteiger partial charge in [0.25, 0.3) is 5.91 Å². The summed E-state index contributed by atoms with van der Waals surface area (Å²) in [4.78, 5) is 23.7. The maximum absolute atomic E-state index is 12.4. The van der Waals surface area contributed by atoms with Gasteiger partial charge in [0.1, 0.15) is 0 Å². The van der Waals surface area contributed by atoms with Crippen molar-refractivity contribution in [3.8, 4) is 0 Å². The third-order valence-corrected chi connectivity index (χ3v) is 3.99. The van der Waals surface area contributed by atoms with E-state index in [1.165, 1.54) is 6.92 Å². The SMILES string of the molecule is CC(=O)c1ccc(C(=O)NC(C)c2cn(C(C)(C)C)nc2C)cc1. The first-order valence-electron chi connectivity index (χ1n) is 8.08. The minimum atomic E-state index is -0.166. The van der Waals surface area contributed by atoms with Crippen LogP contribution in [-0.2, 0) is 5.54 Å². The highest BCUT2D eigenvalue weighted by molar-refractivity contribution is 5.97. The van der Waals surface area contributed by atoms with Gasteiger partial charge >= 0.3 is 0 Å². The van der Waals surface area contributed by atoms with E-state index in [0.29, 0.717) is 11.1 Å². The van der Waals surface area contributed by atoms with Gasteiger partial charge in [-0.15, -0.1) is 0 Å². The summed E-state index contributed by atoms with van der Waals surface area (Å²) in [6, 6.07) is 6.53. The first-order chi connectivity index (χ1) is 11.1. The monoisotopic (exact) mass is 327 g/mol. The van der Waals surface area contributed by atoms with E-state index in [-0.39, 0.29) is 23.3 Å². The van der Waals surface area contributed by atoms with Crippen LogP contribution in [-0.4, -0.2) is 21.5 Å². The molecule has 2 rings (SSSR count). The first kappa shape index (κ1) is 17.9. The molecule has 0 aliphatic carbocycles. The van der Waals surface area contributed by atoms with Crippen molar-refractivity contribution in [2.75, 3.05) is 0 Å². The number of carbonyl (C=O) groups excluding carboxylic acids is 2. The van der Waals surface area contributed by atoms with Gasteiger partial charge in [0.2, 0.25) is 0 Å². The Labute approximate surface area is 143 Å². The fourth-order valence-corrected chi connectivity index (χ4v) is 2.46. The number of hydrogen-bond donors (Lipinski definition) is 1. The van der Waals surface area contributed by atoms with E-state index < -0.39 is 0 Å². The van der Waals surface area contributed by atoms with Gasteiger partial charge < -0.3 is 5.32 Å². The molecule has 0 aliphatic heterocycles. The molecule has 1 atom stereocenters. The van der Waals surface area contributed by atoms with Gasteiger partial charge in [-0.25, -0.2) is 0 Å². The summed E-state index contributed by atoms with van der Waals surface area (Å²) >= 11 is 0. The van der Waals surface area contributed by atoms with Gasteiger partial charge in [0.05, 0.1) is 17.3 Å². The molecular weight excluding hydrogens is 302 g/mol. The largest absolute Gasteiger partial charge is 0.345 e. The van der Waals surface area contributed by atoms with Crippen molar-refractivity contribution in [1.29, 1.82) is 0 Å². The van der Waals surface area contributed by atoms with E-state index in [2.05, 4.69) is 31.2 Å². The lowest BCUT2D eigenvalue weighted by Gasteiger charge is -2.19. The minimum absolute atomic E-state index is 0.0134. The van der Waals surface area contributed by atoms with Crippen molar-refractivity contribution in [1.82, 2.24) is 15.1 Å². The second-order valence-corrected chi connectivity index (χ2v) is 7.11. The van der Waals surface area contributed by atoms with E-state index in [4.69, 9.17) is 0 Å². The Morgan fingerprint density at radius 1 is 1.12 bits per heavy atom. The molecule has 1 amide bonds. The summed E-state index contributed by atoms with van der Waals surface area (Å²) in [5.41, 5.74) is 2.94. The van der Waals surface area contributed by atoms with Crippen molar-refractivity contribution < 1.29 is 9.59 Å². The van der Waals surface area contributed by atoms with Crippen molar-refractivity contribution in [3.05, 3.63) is 52.8 Å². The molecule has 2 aromatic rings. The Kier molecular flexibility index (Phi) is 4.92. The molecule has 128 valence electrons. The van der Waals surface area contributed by atoms with Crippen LogP contribution in [0.15, 0.2) is 30.5 Å². The second-order valence-electron chi connectivity index (χ2n) is 7.11. The Hall–Kier alpha value is -2.43. The summed E-state index contributed by atoms with van der Waals surface area (Å²) < 4.78 is 1.92. The van der Waals surface area contributed by atoms with Crippen LogP contribution in [0.1, 0.15) is 72.6 Å². The molecule has 1 aromatic heterocycles. The number of rotatable bonds is 4. The number of Topliss-reactive ketones (excluding diaryl/α,β-unsaturated/α-hetero) is 1. The number of nitrogens with one attached hydrogen (secondary N) is 1. The molecule has 0 aliphatic rings. The number of aromatic nitrogens is 2. The molecule has 0 saturated heterocycles. The number of nitrogens with zero attached hydrogens (tertiary/aromatic N) is 2. The molecule has 1 N–H and O–H groups in total. The van der Waals surface area contributed by atoms with Crippen molar-refractivity contribution in [2.45, 2.75) is 53.1 Å². The summed E-state index contributed by atoms with van der Waals surface area (Å²) in [5.74, 6) is -0.180. The third kappa shape index (κ3) is 3.91. The molecule has 1 heterocycles. The zero-order chi connectivity index (χ0) is 18.1. The maximum atomic E-state index is 12.4. The number of aryl methyl sites for hydroxylation is 1. The smallest absolute Gasteiger partial charge is 0.251 e. The Morgan fingerprint density at radius 2 is 1.67 bits per heavy atom. The predicted molar refractivity (Wildman–Crippen MR) is 94.3 cm³/mol. The van der Waals surface area contributed by atoms with Crippen molar-refractivity contribution in [2.24, 2.45) is 0 Å². The molecule has 24 heavy (non-hydrogen) atoms. The average molecular weight is 327 g/mol. The van der Waals surface area contributed by atoms with E-state index in [0.717, 1.165) is 11.3 Å². The van der Waals surface area contributed by atoms with Gasteiger partial charge in [0.15, 0.2) is 5.78 Å². The lowest BCUT2D eigenvalue weighted by atomic mass is 10.1. The topological polar surface area (TPSA) is 64.0 Å². The molecule has 1 aromatic carbocycles. The summed E-state index contributed by atoms with van der Waals surface area (Å²) in [7, 11) is 0. The molecule has 0 bridgehead atoms. The van der Waals surface area contributed by atoms with E-state index >= 15 is 0 Å². The Bertz CT molecular complexity index is 752. The summed E-state index contributed by atoms with van der Waals surface area (Å²) in [6.07, 6.45) is 1.99. The number of amides is 1. The molecule has 1 unspecified atom stereocenters. The molecule has 0 saturated carbocycles. The first-order valence-corrected chi connectivity index (χ1v) is 8.08. The average Bonchev–Trinajstić information content (AvgIpc) is 2.89. The maximum Gasteiger partial charge on any atom is 0.251 e. The van der Waals surface area contributed by atoms with E-state index in [1.807, 2.05) is 24.7 Å². The van der Waals surface area contributed by atoms with Crippen molar-refractivity contribution in [3.63, 3.8) is 0 Å². The lowest BCUT2D eigenvalue weighted by molar-refractivity contribution is 0.0938. The summed E-state index contributed by atoms with van der Waals surface area (Å²) in [6.45, 7) is 11.7. The van der Waals surface area contributed by atoms with Crippen LogP contribution in [0.2, 0.25) is 0 Å². The fraction of sp³-hybridized carbons (Fsp3) is 0.421. The zero-order valence-electron chi connectivity index (χ0n) is 15.2. The number of hydrogen-bond acceptors (Lipinski definition) is 3. The molecule has 5 heteroatoms. The molecule has 0 fully saturated rings. The molecule has 0 spiro atoms. The van der Waals surface area contributed by atoms with Crippen LogP contribution >= 0.6 is 0 Å². The van der Waals surface area contributed by atoms with E-state index in [9.17, 15) is 9.59 Å². The molecule has 0 radical (unpaired) electrons. The quantitative estimate of drug-likeness (QED) is 0.872. The lowest BCUT2D eigenvalue weighted by Crippen LogP contribution is -2.27. The van der Waals surface area contributed by atoms with Gasteiger partial charge in [-0.3, -0.25) is 14.3 Å². The standard InChI is InChI=1S/C19H25N3O2/c1-12(17-11-22(19(4,5)6)21-13(17)2)20-18(24)16-9-7-15(8-10-16)14(3)23/h7-12H,1-6H3,(H,20,24). The van der Waals surface area contributed by atoms with E-state index in [1.54, 1.807) is 24.3 Å². The van der Waals surface area contributed by atoms with Crippen LogP contribution in [0.3, 0.4) is 0 Å². The number of benzene rings is 1. The highest BCUT2D eigenvalue weighted by Gasteiger charge is 2.20. The normalized spacial score (nSPS) is 12.8. The number of carbonyl (C=O) groups is 2.